The molecule has 1 aromatic carbocycles. The summed E-state index contributed by atoms with van der Waals surface area (Å²) in [4.78, 5) is 21.6. The average Bonchev–Trinajstić information content (AvgIpc) is 2.70. The van der Waals surface area contributed by atoms with Crippen LogP contribution in [0.3, 0.4) is 0 Å². The minimum atomic E-state index is -1.26. The van der Waals surface area contributed by atoms with Gasteiger partial charge in [-0.1, -0.05) is 57.2 Å². The minimum absolute atomic E-state index is 0. The standard InChI is InChI=1S/C22H33NO5.Na/c1-3-18-13-14-19(20(16-18)27-2)28-15-11-9-7-5-4-6-8-10-12-21(24)23-17-22(25)26;/h3,13-14,16H,1,4-12,15,17H2,2H3,(H,23,24)(H,25,26);/q;+1/p-1. The van der Waals surface area contributed by atoms with Gasteiger partial charge in [-0.2, -0.15) is 0 Å². The van der Waals surface area contributed by atoms with Gasteiger partial charge in [0, 0.05) is 6.42 Å². The minimum Gasteiger partial charge on any atom is -0.548 e. The first-order valence-corrected chi connectivity index (χ1v) is 9.96. The van der Waals surface area contributed by atoms with E-state index in [0.717, 1.165) is 55.6 Å². The van der Waals surface area contributed by atoms with Crippen LogP contribution in [0.4, 0.5) is 0 Å². The number of hydrogen-bond acceptors (Lipinski definition) is 5. The maximum Gasteiger partial charge on any atom is 1.00 e. The monoisotopic (exact) mass is 413 g/mol. The molecule has 0 saturated carbocycles. The maximum absolute atomic E-state index is 11.3. The van der Waals surface area contributed by atoms with Gasteiger partial charge in [0.1, 0.15) is 0 Å². The molecule has 0 aromatic heterocycles. The summed E-state index contributed by atoms with van der Waals surface area (Å²) in [5.74, 6) is 0.00548. The summed E-state index contributed by atoms with van der Waals surface area (Å²) >= 11 is 0. The molecule has 0 aliphatic carbocycles. The van der Waals surface area contributed by atoms with Gasteiger partial charge in [0.2, 0.25) is 5.91 Å². The van der Waals surface area contributed by atoms with Crippen molar-refractivity contribution in [2.24, 2.45) is 0 Å². The molecule has 0 radical (unpaired) electrons. The van der Waals surface area contributed by atoms with E-state index in [0.29, 0.717) is 13.0 Å². The van der Waals surface area contributed by atoms with Crippen LogP contribution in [0.25, 0.3) is 6.08 Å². The van der Waals surface area contributed by atoms with E-state index in [1.54, 1.807) is 13.2 Å². The van der Waals surface area contributed by atoms with Gasteiger partial charge in [-0.15, -0.1) is 0 Å². The Labute approximate surface area is 196 Å². The number of carboxylic acids is 1. The van der Waals surface area contributed by atoms with Crippen molar-refractivity contribution in [3.05, 3.63) is 30.3 Å². The first-order valence-electron chi connectivity index (χ1n) is 9.96. The molecule has 0 aliphatic heterocycles. The fourth-order valence-corrected chi connectivity index (χ4v) is 2.82. The van der Waals surface area contributed by atoms with Crippen molar-refractivity contribution in [3.63, 3.8) is 0 Å². The predicted molar refractivity (Wildman–Crippen MR) is 108 cm³/mol. The summed E-state index contributed by atoms with van der Waals surface area (Å²) in [6.07, 6.45) is 10.6. The second kappa shape index (κ2) is 17.4. The normalized spacial score (nSPS) is 9.97. The number of unbranched alkanes of at least 4 members (excludes halogenated alkanes) is 7. The van der Waals surface area contributed by atoms with Crippen LogP contribution < -0.4 is 49.5 Å². The summed E-state index contributed by atoms with van der Waals surface area (Å²) in [7, 11) is 1.63. The first-order chi connectivity index (χ1) is 13.6. The third kappa shape index (κ3) is 13.4. The number of aliphatic carboxylic acids is 1. The fourth-order valence-electron chi connectivity index (χ4n) is 2.82. The van der Waals surface area contributed by atoms with E-state index in [4.69, 9.17) is 9.47 Å². The molecule has 0 bridgehead atoms. The van der Waals surface area contributed by atoms with E-state index in [-0.39, 0.29) is 35.5 Å². The van der Waals surface area contributed by atoms with Gasteiger partial charge in [0.15, 0.2) is 11.5 Å². The number of carbonyl (C=O) groups excluding carboxylic acids is 2. The van der Waals surface area contributed by atoms with Crippen molar-refractivity contribution in [2.45, 2.75) is 57.8 Å². The molecule has 0 fully saturated rings. The summed E-state index contributed by atoms with van der Waals surface area (Å²) in [6.45, 7) is 4.01. The van der Waals surface area contributed by atoms with Crippen LogP contribution in [0, 0.1) is 0 Å². The Morgan fingerprint density at radius 1 is 1.03 bits per heavy atom. The molecule has 1 N–H and O–H groups in total. The van der Waals surface area contributed by atoms with Crippen molar-refractivity contribution in [3.8, 4) is 11.5 Å². The zero-order chi connectivity index (χ0) is 20.6. The molecule has 0 aliphatic rings. The summed E-state index contributed by atoms with van der Waals surface area (Å²) in [5, 5.41) is 12.5. The molecule has 0 heterocycles. The third-order valence-corrected chi connectivity index (χ3v) is 4.41. The van der Waals surface area contributed by atoms with Gasteiger partial charge in [-0.3, -0.25) is 4.79 Å². The topological polar surface area (TPSA) is 87.7 Å². The Bertz CT molecular complexity index is 621. The van der Waals surface area contributed by atoms with Crippen LogP contribution in [0.15, 0.2) is 24.8 Å². The average molecular weight is 413 g/mol. The number of amides is 1. The van der Waals surface area contributed by atoms with Crippen molar-refractivity contribution in [1.82, 2.24) is 5.32 Å². The van der Waals surface area contributed by atoms with Gasteiger partial charge < -0.3 is 24.7 Å². The van der Waals surface area contributed by atoms with E-state index < -0.39 is 12.5 Å². The second-order valence-corrected chi connectivity index (χ2v) is 6.69. The number of carbonyl (C=O) groups is 2. The molecule has 1 rings (SSSR count). The van der Waals surface area contributed by atoms with Crippen molar-refractivity contribution in [2.75, 3.05) is 20.3 Å². The third-order valence-electron chi connectivity index (χ3n) is 4.41. The molecule has 0 atom stereocenters. The van der Waals surface area contributed by atoms with Gasteiger partial charge in [0.05, 0.1) is 26.2 Å². The number of rotatable bonds is 16. The number of hydrogen-bond donors (Lipinski definition) is 1. The molecule has 156 valence electrons. The zero-order valence-electron chi connectivity index (χ0n) is 17.8. The van der Waals surface area contributed by atoms with Crippen LogP contribution in [0.5, 0.6) is 11.5 Å². The van der Waals surface area contributed by atoms with E-state index >= 15 is 0 Å². The molecule has 6 nitrogen and oxygen atoms in total. The molecule has 0 spiro atoms. The number of methoxy groups -OCH3 is 1. The molecule has 29 heavy (non-hydrogen) atoms. The first kappa shape index (κ1) is 27.5. The van der Waals surface area contributed by atoms with E-state index in [9.17, 15) is 14.7 Å². The van der Waals surface area contributed by atoms with Gasteiger partial charge in [-0.25, -0.2) is 0 Å². The smallest absolute Gasteiger partial charge is 0.548 e. The molecule has 7 heteroatoms. The molecule has 1 aromatic rings. The number of nitrogens with one attached hydrogen (secondary N) is 1. The zero-order valence-corrected chi connectivity index (χ0v) is 19.8. The number of benzene rings is 1. The fraction of sp³-hybridized carbons (Fsp3) is 0.545. The second-order valence-electron chi connectivity index (χ2n) is 6.69. The largest absolute Gasteiger partial charge is 1.00 e. The van der Waals surface area contributed by atoms with E-state index in [1.165, 1.54) is 12.8 Å². The van der Waals surface area contributed by atoms with Gasteiger partial charge in [0.25, 0.3) is 0 Å². The quantitative estimate of drug-likeness (QED) is 0.307. The Hall–Kier alpha value is -1.50. The Morgan fingerprint density at radius 3 is 2.24 bits per heavy atom. The SMILES string of the molecule is C=Cc1ccc(OCCCCCCCCCCC(=O)NCC(=O)[O-])c(OC)c1.[Na+]. The molecule has 0 saturated heterocycles. The Morgan fingerprint density at radius 2 is 1.66 bits per heavy atom. The molecular weight excluding hydrogens is 381 g/mol. The number of carboxylic acid groups (broad SMARTS) is 1. The maximum atomic E-state index is 11.3. The van der Waals surface area contributed by atoms with Crippen molar-refractivity contribution in [1.29, 1.82) is 0 Å². The van der Waals surface area contributed by atoms with Crippen molar-refractivity contribution < 1.29 is 53.7 Å². The van der Waals surface area contributed by atoms with Crippen molar-refractivity contribution >= 4 is 18.0 Å². The van der Waals surface area contributed by atoms with Crippen LogP contribution >= 0.6 is 0 Å². The van der Waals surface area contributed by atoms with Gasteiger partial charge in [-0.05, 0) is 30.5 Å². The molecule has 1 amide bonds. The summed E-state index contributed by atoms with van der Waals surface area (Å²) in [5.41, 5.74) is 1.00. The van der Waals surface area contributed by atoms with Crippen LogP contribution in [0.2, 0.25) is 0 Å². The van der Waals surface area contributed by atoms with Gasteiger partial charge >= 0.3 is 29.6 Å². The van der Waals surface area contributed by atoms with E-state index in [1.807, 2.05) is 18.2 Å². The Balaban J connectivity index is 0.00000784. The van der Waals surface area contributed by atoms with Crippen LogP contribution in [-0.4, -0.2) is 32.1 Å². The predicted octanol–water partition coefficient (Wildman–Crippen LogP) is 0.0980. The van der Waals surface area contributed by atoms with Crippen LogP contribution in [0.1, 0.15) is 63.4 Å². The summed E-state index contributed by atoms with van der Waals surface area (Å²) < 4.78 is 11.1. The summed E-state index contributed by atoms with van der Waals surface area (Å²) in [6, 6.07) is 5.78. The number of ether oxygens (including phenoxy) is 2. The van der Waals surface area contributed by atoms with E-state index in [2.05, 4.69) is 11.9 Å². The van der Waals surface area contributed by atoms with Crippen LogP contribution in [-0.2, 0) is 9.59 Å². The molecular formula is C22H32NNaO5. The Kier molecular flexibility index (Phi) is 16.5. The molecule has 0 unspecified atom stereocenters.